The van der Waals surface area contributed by atoms with E-state index in [1.807, 2.05) is 18.2 Å². The predicted molar refractivity (Wildman–Crippen MR) is 106 cm³/mol. The summed E-state index contributed by atoms with van der Waals surface area (Å²) in [5, 5.41) is 5.57. The van der Waals surface area contributed by atoms with Crippen LogP contribution < -0.4 is 24.8 Å². The van der Waals surface area contributed by atoms with Gasteiger partial charge in [-0.3, -0.25) is 9.59 Å². The lowest BCUT2D eigenvalue weighted by Crippen LogP contribution is -2.34. The summed E-state index contributed by atoms with van der Waals surface area (Å²) >= 11 is 0. The molecule has 0 spiro atoms. The number of hydrogen-bond donors (Lipinski definition) is 2. The molecule has 0 bridgehead atoms. The molecule has 0 aliphatic rings. The molecule has 28 heavy (non-hydrogen) atoms. The summed E-state index contributed by atoms with van der Waals surface area (Å²) in [7, 11) is 4.73. The Labute approximate surface area is 165 Å². The van der Waals surface area contributed by atoms with E-state index in [1.54, 1.807) is 45.6 Å². The van der Waals surface area contributed by atoms with Crippen LogP contribution in [0, 0.1) is 0 Å². The number of carbonyl (C=O) groups excluding carboxylic acids is 2. The van der Waals surface area contributed by atoms with Crippen LogP contribution in [0.25, 0.3) is 0 Å². The lowest BCUT2D eigenvalue weighted by Gasteiger charge is -2.10. The van der Waals surface area contributed by atoms with E-state index in [2.05, 4.69) is 10.6 Å². The molecule has 0 unspecified atom stereocenters. The maximum Gasteiger partial charge on any atom is 0.251 e. The van der Waals surface area contributed by atoms with Gasteiger partial charge < -0.3 is 24.8 Å². The van der Waals surface area contributed by atoms with E-state index < -0.39 is 0 Å². The number of carbonyl (C=O) groups is 2. The van der Waals surface area contributed by atoms with Crippen LogP contribution in [0.3, 0.4) is 0 Å². The number of ether oxygens (including phenoxy) is 3. The lowest BCUT2D eigenvalue weighted by atomic mass is 10.1. The summed E-state index contributed by atoms with van der Waals surface area (Å²) in [5.41, 5.74) is 1.53. The Morgan fingerprint density at radius 2 is 1.50 bits per heavy atom. The van der Waals surface area contributed by atoms with Gasteiger partial charge in [0, 0.05) is 25.1 Å². The highest BCUT2D eigenvalue weighted by Gasteiger charge is 2.08. The first-order valence-electron chi connectivity index (χ1n) is 8.97. The van der Waals surface area contributed by atoms with E-state index in [4.69, 9.17) is 14.2 Å². The van der Waals surface area contributed by atoms with Crippen LogP contribution in [-0.4, -0.2) is 46.2 Å². The Kier molecular flexibility index (Phi) is 8.14. The Hall–Kier alpha value is -3.22. The molecule has 0 saturated heterocycles. The number of hydrogen-bond acceptors (Lipinski definition) is 5. The van der Waals surface area contributed by atoms with Crippen LogP contribution >= 0.6 is 0 Å². The average molecular weight is 386 g/mol. The largest absolute Gasteiger partial charge is 0.497 e. The maximum absolute atomic E-state index is 12.0. The highest BCUT2D eigenvalue weighted by atomic mass is 16.5. The number of nitrogens with one attached hydrogen (secondary N) is 2. The molecule has 0 aromatic heterocycles. The topological polar surface area (TPSA) is 85.9 Å². The Bertz CT molecular complexity index is 790. The van der Waals surface area contributed by atoms with Crippen molar-refractivity contribution in [3.63, 3.8) is 0 Å². The number of amides is 2. The minimum Gasteiger partial charge on any atom is -0.497 e. The van der Waals surface area contributed by atoms with Gasteiger partial charge in [0.15, 0.2) is 11.5 Å². The van der Waals surface area contributed by atoms with Crippen molar-refractivity contribution in [2.45, 2.75) is 12.8 Å². The van der Waals surface area contributed by atoms with Crippen molar-refractivity contribution < 1.29 is 23.8 Å². The second kappa shape index (κ2) is 10.8. The van der Waals surface area contributed by atoms with Gasteiger partial charge in [-0.05, 0) is 48.4 Å². The van der Waals surface area contributed by atoms with E-state index in [-0.39, 0.29) is 11.8 Å². The third-order valence-corrected chi connectivity index (χ3v) is 4.17. The molecule has 0 aliphatic heterocycles. The fourth-order valence-corrected chi connectivity index (χ4v) is 2.60. The normalized spacial score (nSPS) is 10.1. The number of benzene rings is 2. The minimum absolute atomic E-state index is 0.0755. The SMILES string of the molecule is COc1ccc(C(=O)NCCNC(=O)CCc2ccc(OC)c(OC)c2)cc1. The van der Waals surface area contributed by atoms with E-state index in [0.29, 0.717) is 48.7 Å². The van der Waals surface area contributed by atoms with E-state index >= 15 is 0 Å². The zero-order chi connectivity index (χ0) is 20.4. The first kappa shape index (κ1) is 21.1. The molecule has 0 heterocycles. The lowest BCUT2D eigenvalue weighted by molar-refractivity contribution is -0.121. The molecule has 0 fully saturated rings. The van der Waals surface area contributed by atoms with E-state index in [1.165, 1.54) is 0 Å². The van der Waals surface area contributed by atoms with Crippen molar-refractivity contribution in [2.24, 2.45) is 0 Å². The highest BCUT2D eigenvalue weighted by molar-refractivity contribution is 5.94. The molecular formula is C21H26N2O5. The molecule has 7 nitrogen and oxygen atoms in total. The minimum atomic E-state index is -0.192. The van der Waals surface area contributed by atoms with Crippen LogP contribution in [0.5, 0.6) is 17.2 Å². The summed E-state index contributed by atoms with van der Waals surface area (Å²) in [6.07, 6.45) is 0.937. The van der Waals surface area contributed by atoms with Crippen LogP contribution in [0.2, 0.25) is 0 Å². The van der Waals surface area contributed by atoms with E-state index in [0.717, 1.165) is 5.56 Å². The fourth-order valence-electron chi connectivity index (χ4n) is 2.60. The molecule has 0 aliphatic carbocycles. The number of rotatable bonds is 10. The first-order chi connectivity index (χ1) is 13.6. The number of aryl methyl sites for hydroxylation is 1. The molecule has 7 heteroatoms. The van der Waals surface area contributed by atoms with Crippen LogP contribution in [-0.2, 0) is 11.2 Å². The molecule has 2 rings (SSSR count). The van der Waals surface area contributed by atoms with Gasteiger partial charge in [0.2, 0.25) is 5.91 Å². The zero-order valence-electron chi connectivity index (χ0n) is 16.4. The third kappa shape index (κ3) is 6.19. The van der Waals surface area contributed by atoms with Crippen molar-refractivity contribution in [3.05, 3.63) is 53.6 Å². The second-order valence-electron chi connectivity index (χ2n) is 6.02. The second-order valence-corrected chi connectivity index (χ2v) is 6.02. The van der Waals surface area contributed by atoms with Crippen molar-refractivity contribution in [1.82, 2.24) is 10.6 Å². The Morgan fingerprint density at radius 1 is 0.821 bits per heavy atom. The standard InChI is InChI=1S/C21H26N2O5/c1-26-17-8-6-16(7-9-17)21(25)23-13-12-22-20(24)11-5-15-4-10-18(27-2)19(14-15)28-3/h4,6-10,14H,5,11-13H2,1-3H3,(H,22,24)(H,23,25). The molecule has 2 aromatic rings. The molecule has 2 aromatic carbocycles. The molecule has 0 radical (unpaired) electrons. The van der Waals surface area contributed by atoms with E-state index in [9.17, 15) is 9.59 Å². The maximum atomic E-state index is 12.0. The quantitative estimate of drug-likeness (QED) is 0.612. The molecule has 2 N–H and O–H groups in total. The summed E-state index contributed by atoms with van der Waals surface area (Å²) in [6.45, 7) is 0.722. The van der Waals surface area contributed by atoms with Crippen molar-refractivity contribution >= 4 is 11.8 Å². The van der Waals surface area contributed by atoms with Gasteiger partial charge in [-0.2, -0.15) is 0 Å². The van der Waals surface area contributed by atoms with Crippen LogP contribution in [0.4, 0.5) is 0 Å². The summed E-state index contributed by atoms with van der Waals surface area (Å²) in [6, 6.07) is 12.4. The van der Waals surface area contributed by atoms with Crippen molar-refractivity contribution in [1.29, 1.82) is 0 Å². The molecule has 150 valence electrons. The van der Waals surface area contributed by atoms with Gasteiger partial charge in [0.1, 0.15) is 5.75 Å². The summed E-state index contributed by atoms with van der Waals surface area (Å²) in [4.78, 5) is 24.0. The van der Waals surface area contributed by atoms with Crippen molar-refractivity contribution in [3.8, 4) is 17.2 Å². The van der Waals surface area contributed by atoms with Crippen LogP contribution in [0.1, 0.15) is 22.3 Å². The molecule has 2 amide bonds. The van der Waals surface area contributed by atoms with Crippen molar-refractivity contribution in [2.75, 3.05) is 34.4 Å². The van der Waals surface area contributed by atoms with Gasteiger partial charge in [0.25, 0.3) is 5.91 Å². The predicted octanol–water partition coefficient (Wildman–Crippen LogP) is 2.19. The van der Waals surface area contributed by atoms with Gasteiger partial charge in [-0.25, -0.2) is 0 Å². The van der Waals surface area contributed by atoms with Gasteiger partial charge >= 0.3 is 0 Å². The Morgan fingerprint density at radius 3 is 2.14 bits per heavy atom. The summed E-state index contributed by atoms with van der Waals surface area (Å²) < 4.78 is 15.5. The molecule has 0 atom stereocenters. The third-order valence-electron chi connectivity index (χ3n) is 4.17. The van der Waals surface area contributed by atoms with Crippen LogP contribution in [0.15, 0.2) is 42.5 Å². The summed E-state index contributed by atoms with van der Waals surface area (Å²) in [5.74, 6) is 1.72. The molecular weight excluding hydrogens is 360 g/mol. The van der Waals surface area contributed by atoms with Gasteiger partial charge in [-0.15, -0.1) is 0 Å². The molecule has 0 saturated carbocycles. The van der Waals surface area contributed by atoms with Gasteiger partial charge in [0.05, 0.1) is 21.3 Å². The van der Waals surface area contributed by atoms with Gasteiger partial charge in [-0.1, -0.05) is 6.07 Å². The number of methoxy groups -OCH3 is 3. The highest BCUT2D eigenvalue weighted by Crippen LogP contribution is 2.27. The Balaban J connectivity index is 1.69. The zero-order valence-corrected chi connectivity index (χ0v) is 16.4. The smallest absolute Gasteiger partial charge is 0.251 e. The first-order valence-corrected chi connectivity index (χ1v) is 8.97. The fraction of sp³-hybridized carbons (Fsp3) is 0.333. The monoisotopic (exact) mass is 386 g/mol. The average Bonchev–Trinajstić information content (AvgIpc) is 2.74.